The number of hydrogen-bond donors (Lipinski definition) is 1. The smallest absolute Gasteiger partial charge is 0.338 e. The van der Waals surface area contributed by atoms with Crippen molar-refractivity contribution in [3.8, 4) is 11.5 Å². The summed E-state index contributed by atoms with van der Waals surface area (Å²) in [7, 11) is 1.39. The van der Waals surface area contributed by atoms with E-state index in [-0.39, 0.29) is 29.3 Å². The van der Waals surface area contributed by atoms with Crippen LogP contribution in [0.4, 0.5) is 11.4 Å². The van der Waals surface area contributed by atoms with Crippen LogP contribution in [0.15, 0.2) is 42.5 Å². The number of benzene rings is 2. The van der Waals surface area contributed by atoms with Gasteiger partial charge in [-0.1, -0.05) is 6.07 Å². The molecule has 28 heavy (non-hydrogen) atoms. The third-order valence-electron chi connectivity index (χ3n) is 3.69. The van der Waals surface area contributed by atoms with Gasteiger partial charge in [-0.15, -0.1) is 0 Å². The Balaban J connectivity index is 2.11. The zero-order chi connectivity index (χ0) is 20.7. The lowest BCUT2D eigenvalue weighted by atomic mass is 10.2. The summed E-state index contributed by atoms with van der Waals surface area (Å²) in [6.07, 6.45) is -0.973. The van der Waals surface area contributed by atoms with Crippen molar-refractivity contribution in [1.29, 1.82) is 0 Å². The summed E-state index contributed by atoms with van der Waals surface area (Å²) in [4.78, 5) is 34.8. The molecule has 2 rings (SSSR count). The molecule has 1 amide bonds. The quantitative estimate of drug-likeness (QED) is 0.419. The van der Waals surface area contributed by atoms with Gasteiger partial charge < -0.3 is 19.5 Å². The van der Waals surface area contributed by atoms with Crippen LogP contribution in [-0.2, 0) is 9.53 Å². The first kappa shape index (κ1) is 20.7. The summed E-state index contributed by atoms with van der Waals surface area (Å²) in [6, 6.07) is 10.3. The van der Waals surface area contributed by atoms with Crippen LogP contribution in [0.25, 0.3) is 0 Å². The molecular formula is C19H20N2O7. The van der Waals surface area contributed by atoms with Crippen LogP contribution in [0.3, 0.4) is 0 Å². The first-order valence-electron chi connectivity index (χ1n) is 8.42. The fourth-order valence-electron chi connectivity index (χ4n) is 2.30. The van der Waals surface area contributed by atoms with Crippen molar-refractivity contribution in [2.24, 2.45) is 0 Å². The Bertz CT molecular complexity index is 882. The first-order chi connectivity index (χ1) is 13.3. The number of nitro groups is 1. The molecule has 0 aliphatic heterocycles. The second-order valence-corrected chi connectivity index (χ2v) is 5.64. The molecule has 0 bridgehead atoms. The Labute approximate surface area is 161 Å². The Hall–Kier alpha value is -3.62. The minimum absolute atomic E-state index is 0.0199. The van der Waals surface area contributed by atoms with E-state index in [9.17, 15) is 19.7 Å². The molecule has 2 aromatic carbocycles. The summed E-state index contributed by atoms with van der Waals surface area (Å²) in [5.41, 5.74) is 0.00785. The molecule has 148 valence electrons. The summed E-state index contributed by atoms with van der Waals surface area (Å²) in [5.74, 6) is -0.504. The molecule has 0 saturated heterocycles. The van der Waals surface area contributed by atoms with Crippen molar-refractivity contribution in [1.82, 2.24) is 0 Å². The van der Waals surface area contributed by atoms with Gasteiger partial charge in [-0.05, 0) is 44.2 Å². The number of esters is 1. The highest BCUT2D eigenvalue weighted by Gasteiger charge is 2.21. The minimum atomic E-state index is -0.973. The Morgan fingerprint density at radius 1 is 1.18 bits per heavy atom. The van der Waals surface area contributed by atoms with Crippen LogP contribution in [0, 0.1) is 10.1 Å². The highest BCUT2D eigenvalue weighted by atomic mass is 16.6. The molecule has 0 spiro atoms. The number of ether oxygens (including phenoxy) is 3. The third-order valence-corrected chi connectivity index (χ3v) is 3.69. The Morgan fingerprint density at radius 3 is 2.57 bits per heavy atom. The molecule has 0 saturated carbocycles. The molecule has 1 atom stereocenters. The van der Waals surface area contributed by atoms with Crippen LogP contribution in [0.1, 0.15) is 24.2 Å². The number of carbonyl (C=O) groups excluding carboxylic acids is 2. The van der Waals surface area contributed by atoms with Gasteiger partial charge in [0.15, 0.2) is 6.10 Å². The van der Waals surface area contributed by atoms with Crippen LogP contribution in [0.2, 0.25) is 0 Å². The molecule has 0 radical (unpaired) electrons. The lowest BCUT2D eigenvalue weighted by Crippen LogP contribution is -2.30. The average molecular weight is 388 g/mol. The molecule has 0 aromatic heterocycles. The van der Waals surface area contributed by atoms with E-state index in [1.54, 1.807) is 25.1 Å². The predicted octanol–water partition coefficient (Wildman–Crippen LogP) is 3.19. The van der Waals surface area contributed by atoms with Crippen LogP contribution >= 0.6 is 0 Å². The molecule has 0 fully saturated rings. The summed E-state index contributed by atoms with van der Waals surface area (Å²) < 4.78 is 15.4. The van der Waals surface area contributed by atoms with Gasteiger partial charge in [-0.25, -0.2) is 4.79 Å². The second-order valence-electron chi connectivity index (χ2n) is 5.64. The van der Waals surface area contributed by atoms with E-state index in [4.69, 9.17) is 14.2 Å². The fraction of sp³-hybridized carbons (Fsp3) is 0.263. The molecular weight excluding hydrogens is 368 g/mol. The number of hydrogen-bond acceptors (Lipinski definition) is 7. The highest BCUT2D eigenvalue weighted by Crippen LogP contribution is 2.29. The van der Waals surface area contributed by atoms with E-state index in [0.717, 1.165) is 0 Å². The maximum absolute atomic E-state index is 12.4. The number of rotatable bonds is 8. The van der Waals surface area contributed by atoms with E-state index in [0.29, 0.717) is 5.75 Å². The zero-order valence-corrected chi connectivity index (χ0v) is 15.6. The average Bonchev–Trinajstić information content (AvgIpc) is 2.68. The van der Waals surface area contributed by atoms with E-state index in [1.165, 1.54) is 38.3 Å². The maximum Gasteiger partial charge on any atom is 0.338 e. The summed E-state index contributed by atoms with van der Waals surface area (Å²) in [5, 5.41) is 13.7. The van der Waals surface area contributed by atoms with Gasteiger partial charge >= 0.3 is 5.97 Å². The molecule has 0 aliphatic rings. The fourth-order valence-corrected chi connectivity index (χ4v) is 2.30. The van der Waals surface area contributed by atoms with Gasteiger partial charge in [0.25, 0.3) is 11.6 Å². The highest BCUT2D eigenvalue weighted by molar-refractivity contribution is 5.96. The van der Waals surface area contributed by atoms with Gasteiger partial charge in [-0.3, -0.25) is 14.9 Å². The van der Waals surface area contributed by atoms with Gasteiger partial charge in [0.2, 0.25) is 0 Å². The number of nitrogens with one attached hydrogen (secondary N) is 1. The van der Waals surface area contributed by atoms with Crippen molar-refractivity contribution < 1.29 is 28.7 Å². The van der Waals surface area contributed by atoms with E-state index in [2.05, 4.69) is 5.32 Å². The maximum atomic E-state index is 12.4. The van der Waals surface area contributed by atoms with E-state index < -0.39 is 22.9 Å². The van der Waals surface area contributed by atoms with Crippen molar-refractivity contribution in [3.63, 3.8) is 0 Å². The van der Waals surface area contributed by atoms with Crippen molar-refractivity contribution >= 4 is 23.3 Å². The molecule has 1 N–H and O–H groups in total. The topological polar surface area (TPSA) is 117 Å². The lowest BCUT2D eigenvalue weighted by molar-refractivity contribution is -0.384. The normalized spacial score (nSPS) is 11.2. The minimum Gasteiger partial charge on any atom is -0.496 e. The molecule has 9 heteroatoms. The lowest BCUT2D eigenvalue weighted by Gasteiger charge is -2.15. The van der Waals surface area contributed by atoms with Gasteiger partial charge in [0, 0.05) is 0 Å². The van der Waals surface area contributed by atoms with Crippen LogP contribution in [-0.4, -0.2) is 36.6 Å². The second kappa shape index (κ2) is 9.36. The Morgan fingerprint density at radius 2 is 1.93 bits per heavy atom. The van der Waals surface area contributed by atoms with Gasteiger partial charge in [0.1, 0.15) is 17.2 Å². The monoisotopic (exact) mass is 388 g/mol. The number of amides is 1. The van der Waals surface area contributed by atoms with Crippen LogP contribution in [0.5, 0.6) is 11.5 Å². The molecule has 0 unspecified atom stereocenters. The molecule has 0 aliphatic carbocycles. The Kier molecular flexibility index (Phi) is 6.91. The number of nitro benzene ring substituents is 1. The van der Waals surface area contributed by atoms with E-state index >= 15 is 0 Å². The molecule has 2 aromatic rings. The number of anilines is 1. The molecule has 0 heterocycles. The molecule has 9 nitrogen and oxygen atoms in total. The SMILES string of the molecule is CCOC(=O)c1cccc(O[C@@H](C)C(=O)Nc2ccc(OC)cc2[N+](=O)[O-])c1. The van der Waals surface area contributed by atoms with E-state index in [1.807, 2.05) is 0 Å². The third kappa shape index (κ3) is 5.19. The largest absolute Gasteiger partial charge is 0.496 e. The number of carbonyl (C=O) groups is 2. The predicted molar refractivity (Wildman–Crippen MR) is 101 cm³/mol. The van der Waals surface area contributed by atoms with Crippen molar-refractivity contribution in [3.05, 3.63) is 58.1 Å². The van der Waals surface area contributed by atoms with Crippen LogP contribution < -0.4 is 14.8 Å². The standard InChI is InChI=1S/C19H20N2O7/c1-4-27-19(23)13-6-5-7-15(10-13)28-12(2)18(22)20-16-9-8-14(26-3)11-17(16)21(24)25/h5-12H,4H2,1-3H3,(H,20,22)/t12-/m0/s1. The zero-order valence-electron chi connectivity index (χ0n) is 15.6. The first-order valence-corrected chi connectivity index (χ1v) is 8.42. The summed E-state index contributed by atoms with van der Waals surface area (Å²) in [6.45, 7) is 3.42. The number of methoxy groups -OCH3 is 1. The number of nitrogens with zero attached hydrogens (tertiary/aromatic N) is 1. The van der Waals surface area contributed by atoms with Crippen molar-refractivity contribution in [2.75, 3.05) is 19.0 Å². The van der Waals surface area contributed by atoms with Gasteiger partial charge in [0.05, 0.1) is 30.3 Å². The summed E-state index contributed by atoms with van der Waals surface area (Å²) >= 11 is 0. The van der Waals surface area contributed by atoms with Crippen molar-refractivity contribution in [2.45, 2.75) is 20.0 Å². The van der Waals surface area contributed by atoms with Gasteiger partial charge in [-0.2, -0.15) is 0 Å².